The fourth-order valence-corrected chi connectivity index (χ4v) is 3.45. The van der Waals surface area contributed by atoms with E-state index < -0.39 is 10.0 Å². The summed E-state index contributed by atoms with van der Waals surface area (Å²) in [6, 6.07) is 6.28. The molecule has 2 N–H and O–H groups in total. The lowest BCUT2D eigenvalue weighted by Crippen LogP contribution is -2.15. The van der Waals surface area contributed by atoms with Crippen LogP contribution in [0.4, 0.5) is 5.69 Å². The van der Waals surface area contributed by atoms with E-state index in [-0.39, 0.29) is 16.1 Å². The van der Waals surface area contributed by atoms with Crippen molar-refractivity contribution in [3.05, 3.63) is 40.2 Å². The molecule has 104 valence electrons. The molecule has 0 saturated heterocycles. The number of aromatic nitrogens is 2. The van der Waals surface area contributed by atoms with Gasteiger partial charge in [-0.1, -0.05) is 11.6 Å². The number of rotatable bonds is 3. The maximum atomic E-state index is 12.4. The molecular formula is C12H11ClN4O2S. The van der Waals surface area contributed by atoms with Gasteiger partial charge in [0.25, 0.3) is 10.0 Å². The summed E-state index contributed by atoms with van der Waals surface area (Å²) in [6.45, 7) is 3.19. The lowest BCUT2D eigenvalue weighted by atomic mass is 10.2. The van der Waals surface area contributed by atoms with Gasteiger partial charge in [0.15, 0.2) is 0 Å². The van der Waals surface area contributed by atoms with Crippen LogP contribution in [0.3, 0.4) is 0 Å². The normalized spacial score (nSPS) is 11.1. The number of halogens is 1. The molecule has 1 aromatic carbocycles. The Hall–Kier alpha value is -2.04. The van der Waals surface area contributed by atoms with Crippen LogP contribution in [-0.4, -0.2) is 18.6 Å². The van der Waals surface area contributed by atoms with Gasteiger partial charge in [-0.05, 0) is 32.0 Å². The largest absolute Gasteiger partial charge is 0.281 e. The summed E-state index contributed by atoms with van der Waals surface area (Å²) >= 11 is 5.83. The predicted octanol–water partition coefficient (Wildman–Crippen LogP) is 2.35. The predicted molar refractivity (Wildman–Crippen MR) is 75.0 cm³/mol. The Bertz CT molecular complexity index is 786. The first-order chi connectivity index (χ1) is 9.35. The van der Waals surface area contributed by atoms with E-state index in [2.05, 4.69) is 14.9 Å². The number of H-pyrrole nitrogens is 1. The highest BCUT2D eigenvalue weighted by atomic mass is 35.5. The van der Waals surface area contributed by atoms with E-state index in [9.17, 15) is 8.42 Å². The van der Waals surface area contributed by atoms with Crippen LogP contribution in [0.25, 0.3) is 0 Å². The second-order valence-corrected chi connectivity index (χ2v) is 6.23. The van der Waals surface area contributed by atoms with Gasteiger partial charge in [-0.15, -0.1) is 0 Å². The number of nitrogens with zero attached hydrogens (tertiary/aromatic N) is 2. The van der Waals surface area contributed by atoms with Gasteiger partial charge in [-0.2, -0.15) is 10.4 Å². The smallest absolute Gasteiger partial charge is 0.265 e. The number of aromatic amines is 1. The van der Waals surface area contributed by atoms with E-state index in [4.69, 9.17) is 16.9 Å². The van der Waals surface area contributed by atoms with Crippen LogP contribution in [0, 0.1) is 25.2 Å². The van der Waals surface area contributed by atoms with Crippen molar-refractivity contribution in [3.63, 3.8) is 0 Å². The number of nitrogens with one attached hydrogen (secondary N) is 2. The molecule has 0 bridgehead atoms. The Labute approximate surface area is 121 Å². The zero-order chi connectivity index (χ0) is 14.9. The lowest BCUT2D eigenvalue weighted by molar-refractivity contribution is 0.600. The van der Waals surface area contributed by atoms with E-state index >= 15 is 0 Å². The number of sulfonamides is 1. The topological polar surface area (TPSA) is 98.6 Å². The average Bonchev–Trinajstić information content (AvgIpc) is 2.69. The van der Waals surface area contributed by atoms with Crippen molar-refractivity contribution in [3.8, 4) is 6.07 Å². The van der Waals surface area contributed by atoms with E-state index in [0.29, 0.717) is 16.4 Å². The Balaban J connectivity index is 2.50. The summed E-state index contributed by atoms with van der Waals surface area (Å²) in [6.07, 6.45) is 0. The summed E-state index contributed by atoms with van der Waals surface area (Å²) in [4.78, 5) is 0.0707. The zero-order valence-electron chi connectivity index (χ0n) is 10.7. The van der Waals surface area contributed by atoms with Crippen molar-refractivity contribution in [2.45, 2.75) is 18.7 Å². The van der Waals surface area contributed by atoms with Crippen LogP contribution >= 0.6 is 11.6 Å². The zero-order valence-corrected chi connectivity index (χ0v) is 12.3. The lowest BCUT2D eigenvalue weighted by Gasteiger charge is -2.10. The summed E-state index contributed by atoms with van der Waals surface area (Å²) in [5.41, 5.74) is 1.11. The van der Waals surface area contributed by atoms with E-state index in [1.54, 1.807) is 13.8 Å². The first kappa shape index (κ1) is 14.4. The number of nitriles is 1. The quantitative estimate of drug-likeness (QED) is 0.909. The van der Waals surface area contributed by atoms with Crippen molar-refractivity contribution in [2.75, 3.05) is 4.72 Å². The summed E-state index contributed by atoms with van der Waals surface area (Å²) in [5.74, 6) is 0. The third-order valence-electron chi connectivity index (χ3n) is 2.68. The van der Waals surface area contributed by atoms with Crippen molar-refractivity contribution in [2.24, 2.45) is 0 Å². The molecule has 0 spiro atoms. The molecule has 1 heterocycles. The Morgan fingerprint density at radius 1 is 1.40 bits per heavy atom. The van der Waals surface area contributed by atoms with Crippen LogP contribution < -0.4 is 4.72 Å². The first-order valence-electron chi connectivity index (χ1n) is 5.59. The molecule has 0 radical (unpaired) electrons. The maximum Gasteiger partial charge on any atom is 0.265 e. The van der Waals surface area contributed by atoms with E-state index in [0.717, 1.165) is 0 Å². The van der Waals surface area contributed by atoms with Gasteiger partial charge in [0, 0.05) is 5.02 Å². The minimum atomic E-state index is -3.83. The van der Waals surface area contributed by atoms with Gasteiger partial charge in [-0.3, -0.25) is 9.82 Å². The minimum Gasteiger partial charge on any atom is -0.281 e. The molecule has 20 heavy (non-hydrogen) atoms. The molecular weight excluding hydrogens is 300 g/mol. The molecule has 0 aliphatic carbocycles. The van der Waals surface area contributed by atoms with Crippen molar-refractivity contribution < 1.29 is 8.42 Å². The summed E-state index contributed by atoms with van der Waals surface area (Å²) in [5, 5.41) is 15.8. The van der Waals surface area contributed by atoms with Crippen LogP contribution in [0.15, 0.2) is 23.1 Å². The molecule has 8 heteroatoms. The van der Waals surface area contributed by atoms with E-state index in [1.807, 2.05) is 6.07 Å². The van der Waals surface area contributed by atoms with Crippen molar-refractivity contribution in [1.82, 2.24) is 10.2 Å². The molecule has 2 rings (SSSR count). The second-order valence-electron chi connectivity index (χ2n) is 4.17. The Kier molecular flexibility index (Phi) is 3.70. The Morgan fingerprint density at radius 3 is 2.65 bits per heavy atom. The standard InChI is InChI=1S/C12H11ClN4O2S/c1-7-12(8(2)16-15-7)20(18,19)17-11-5-10(13)4-3-9(11)6-14/h3-5,17H,1-2H3,(H,15,16). The van der Waals surface area contributed by atoms with Gasteiger partial charge in [0.1, 0.15) is 11.0 Å². The van der Waals surface area contributed by atoms with Crippen molar-refractivity contribution in [1.29, 1.82) is 5.26 Å². The molecule has 0 aliphatic rings. The van der Waals surface area contributed by atoms with Crippen LogP contribution in [0.1, 0.15) is 17.0 Å². The number of hydrogen-bond donors (Lipinski definition) is 2. The molecule has 2 aromatic rings. The molecule has 0 saturated carbocycles. The van der Waals surface area contributed by atoms with Gasteiger partial charge < -0.3 is 0 Å². The third kappa shape index (κ3) is 2.61. The number of benzene rings is 1. The highest BCUT2D eigenvalue weighted by Gasteiger charge is 2.23. The third-order valence-corrected chi connectivity index (χ3v) is 4.54. The fraction of sp³-hybridized carbons (Fsp3) is 0.167. The average molecular weight is 311 g/mol. The van der Waals surface area contributed by atoms with Gasteiger partial charge in [-0.25, -0.2) is 8.42 Å². The van der Waals surface area contributed by atoms with Gasteiger partial charge >= 0.3 is 0 Å². The molecule has 0 fully saturated rings. The van der Waals surface area contributed by atoms with Gasteiger partial charge in [0.2, 0.25) is 0 Å². The second kappa shape index (κ2) is 5.15. The molecule has 6 nitrogen and oxygen atoms in total. The molecule has 0 atom stereocenters. The summed E-state index contributed by atoms with van der Waals surface area (Å²) in [7, 11) is -3.83. The minimum absolute atomic E-state index is 0.0707. The highest BCUT2D eigenvalue weighted by molar-refractivity contribution is 7.92. The molecule has 0 aliphatic heterocycles. The molecule has 0 amide bonds. The number of hydrogen-bond acceptors (Lipinski definition) is 4. The Morgan fingerprint density at radius 2 is 2.10 bits per heavy atom. The highest BCUT2D eigenvalue weighted by Crippen LogP contribution is 2.25. The molecule has 0 unspecified atom stereocenters. The monoisotopic (exact) mass is 310 g/mol. The fourth-order valence-electron chi connectivity index (χ4n) is 1.83. The molecule has 1 aromatic heterocycles. The number of anilines is 1. The van der Waals surface area contributed by atoms with Crippen LogP contribution in [-0.2, 0) is 10.0 Å². The first-order valence-corrected chi connectivity index (χ1v) is 7.45. The SMILES string of the molecule is Cc1n[nH]c(C)c1S(=O)(=O)Nc1cc(Cl)ccc1C#N. The number of aryl methyl sites for hydroxylation is 2. The van der Waals surface area contributed by atoms with Crippen LogP contribution in [0.5, 0.6) is 0 Å². The van der Waals surface area contributed by atoms with Crippen molar-refractivity contribution >= 4 is 27.3 Å². The van der Waals surface area contributed by atoms with Gasteiger partial charge in [0.05, 0.1) is 22.6 Å². The van der Waals surface area contributed by atoms with Crippen LogP contribution in [0.2, 0.25) is 5.02 Å². The van der Waals surface area contributed by atoms with E-state index in [1.165, 1.54) is 18.2 Å². The summed E-state index contributed by atoms with van der Waals surface area (Å²) < 4.78 is 27.1. The maximum absolute atomic E-state index is 12.4.